The number of hydrogen-bond donors (Lipinski definition) is 1. The molecule has 0 amide bonds. The highest BCUT2D eigenvalue weighted by Crippen LogP contribution is 2.17. The van der Waals surface area contributed by atoms with E-state index in [1.54, 1.807) is 0 Å². The van der Waals surface area contributed by atoms with Gasteiger partial charge in [0.15, 0.2) is 0 Å². The monoisotopic (exact) mass is 254 g/mol. The van der Waals surface area contributed by atoms with E-state index in [1.165, 1.54) is 58.0 Å². The minimum absolute atomic E-state index is 0.762. The summed E-state index contributed by atoms with van der Waals surface area (Å²) in [6.07, 6.45) is 9.67. The van der Waals surface area contributed by atoms with Gasteiger partial charge in [-0.3, -0.25) is 0 Å². The van der Waals surface area contributed by atoms with Gasteiger partial charge in [-0.1, -0.05) is 19.3 Å². The predicted octanol–water partition coefficient (Wildman–Crippen LogP) is 2.27. The molecule has 0 bridgehead atoms. The maximum absolute atomic E-state index is 5.54. The molecule has 18 heavy (non-hydrogen) atoms. The Balaban J connectivity index is 1.52. The van der Waals surface area contributed by atoms with Crippen molar-refractivity contribution < 1.29 is 4.74 Å². The van der Waals surface area contributed by atoms with Crippen molar-refractivity contribution in [3.63, 3.8) is 0 Å². The SMILES string of the molecule is CN(CCNC1CCCCC1)CC1CCCOC1. The molecule has 1 heterocycles. The smallest absolute Gasteiger partial charge is 0.0506 e. The first-order valence-electron chi connectivity index (χ1n) is 7.84. The summed E-state index contributed by atoms with van der Waals surface area (Å²) in [5.74, 6) is 0.762. The lowest BCUT2D eigenvalue weighted by Crippen LogP contribution is -2.39. The van der Waals surface area contributed by atoms with E-state index in [1.807, 2.05) is 0 Å². The van der Waals surface area contributed by atoms with Crippen LogP contribution in [0.25, 0.3) is 0 Å². The number of ether oxygens (including phenoxy) is 1. The maximum atomic E-state index is 5.54. The fourth-order valence-corrected chi connectivity index (χ4v) is 3.25. The molecule has 1 saturated carbocycles. The third-order valence-corrected chi connectivity index (χ3v) is 4.36. The first kappa shape index (κ1) is 14.3. The van der Waals surface area contributed by atoms with Gasteiger partial charge in [-0.05, 0) is 38.6 Å². The third-order valence-electron chi connectivity index (χ3n) is 4.36. The largest absolute Gasteiger partial charge is 0.381 e. The van der Waals surface area contributed by atoms with Gasteiger partial charge >= 0.3 is 0 Å². The van der Waals surface area contributed by atoms with Crippen LogP contribution in [0.2, 0.25) is 0 Å². The second-order valence-corrected chi connectivity index (χ2v) is 6.13. The Morgan fingerprint density at radius 1 is 1.11 bits per heavy atom. The van der Waals surface area contributed by atoms with E-state index in [-0.39, 0.29) is 0 Å². The van der Waals surface area contributed by atoms with Gasteiger partial charge in [0.25, 0.3) is 0 Å². The summed E-state index contributed by atoms with van der Waals surface area (Å²) in [5.41, 5.74) is 0. The standard InChI is InChI=1S/C15H30N2O/c1-17(12-14-6-5-11-18-13-14)10-9-16-15-7-3-2-4-8-15/h14-16H,2-13H2,1H3. The van der Waals surface area contributed by atoms with E-state index < -0.39 is 0 Å². The second kappa shape index (κ2) is 8.13. The van der Waals surface area contributed by atoms with Crippen molar-refractivity contribution in [3.8, 4) is 0 Å². The van der Waals surface area contributed by atoms with Crippen LogP contribution in [0.1, 0.15) is 44.9 Å². The molecule has 0 aromatic rings. The molecule has 2 fully saturated rings. The summed E-state index contributed by atoms with van der Waals surface area (Å²) in [4.78, 5) is 2.47. The van der Waals surface area contributed by atoms with Gasteiger partial charge in [0, 0.05) is 32.3 Å². The summed E-state index contributed by atoms with van der Waals surface area (Å²) in [5, 5.41) is 3.72. The molecule has 0 aromatic heterocycles. The number of hydrogen-bond acceptors (Lipinski definition) is 3. The van der Waals surface area contributed by atoms with Gasteiger partial charge < -0.3 is 15.0 Å². The van der Waals surface area contributed by atoms with Gasteiger partial charge in [0.05, 0.1) is 6.61 Å². The minimum Gasteiger partial charge on any atom is -0.381 e. The van der Waals surface area contributed by atoms with Crippen LogP contribution in [0.15, 0.2) is 0 Å². The van der Waals surface area contributed by atoms with Crippen LogP contribution in [-0.4, -0.2) is 50.8 Å². The summed E-state index contributed by atoms with van der Waals surface area (Å²) in [6.45, 7) is 5.47. The average molecular weight is 254 g/mol. The molecular formula is C15H30N2O. The molecule has 1 aliphatic carbocycles. The van der Waals surface area contributed by atoms with Gasteiger partial charge in [-0.15, -0.1) is 0 Å². The van der Waals surface area contributed by atoms with E-state index in [0.717, 1.165) is 31.7 Å². The lowest BCUT2D eigenvalue weighted by molar-refractivity contribution is 0.0421. The van der Waals surface area contributed by atoms with Crippen LogP contribution in [0.5, 0.6) is 0 Å². The Labute approximate surface area is 112 Å². The van der Waals surface area contributed by atoms with Crippen molar-refractivity contribution in [1.29, 1.82) is 0 Å². The molecule has 1 N–H and O–H groups in total. The van der Waals surface area contributed by atoms with E-state index in [4.69, 9.17) is 4.74 Å². The summed E-state index contributed by atoms with van der Waals surface area (Å²) in [7, 11) is 2.25. The molecule has 106 valence electrons. The lowest BCUT2D eigenvalue weighted by atomic mass is 9.95. The number of nitrogens with one attached hydrogen (secondary N) is 1. The average Bonchev–Trinajstić information content (AvgIpc) is 2.41. The Morgan fingerprint density at radius 2 is 1.94 bits per heavy atom. The summed E-state index contributed by atoms with van der Waals surface area (Å²) >= 11 is 0. The van der Waals surface area contributed by atoms with Crippen molar-refractivity contribution in [2.75, 3.05) is 39.9 Å². The second-order valence-electron chi connectivity index (χ2n) is 6.13. The van der Waals surface area contributed by atoms with Crippen molar-refractivity contribution in [2.24, 2.45) is 5.92 Å². The Morgan fingerprint density at radius 3 is 2.67 bits per heavy atom. The molecule has 0 radical (unpaired) electrons. The zero-order chi connectivity index (χ0) is 12.6. The minimum atomic E-state index is 0.762. The topological polar surface area (TPSA) is 24.5 Å². The normalized spacial score (nSPS) is 26.7. The quantitative estimate of drug-likeness (QED) is 0.787. The van der Waals surface area contributed by atoms with E-state index in [2.05, 4.69) is 17.3 Å². The van der Waals surface area contributed by atoms with Crippen LogP contribution in [0.4, 0.5) is 0 Å². The summed E-state index contributed by atoms with van der Waals surface area (Å²) < 4.78 is 5.54. The highest BCUT2D eigenvalue weighted by molar-refractivity contribution is 4.73. The first-order valence-corrected chi connectivity index (χ1v) is 7.84. The maximum Gasteiger partial charge on any atom is 0.0506 e. The van der Waals surface area contributed by atoms with Crippen molar-refractivity contribution in [1.82, 2.24) is 10.2 Å². The van der Waals surface area contributed by atoms with Crippen LogP contribution >= 0.6 is 0 Å². The third kappa shape index (κ3) is 5.25. The molecule has 1 atom stereocenters. The molecule has 2 rings (SSSR count). The lowest BCUT2D eigenvalue weighted by Gasteiger charge is -2.28. The highest BCUT2D eigenvalue weighted by atomic mass is 16.5. The van der Waals surface area contributed by atoms with E-state index in [0.29, 0.717) is 0 Å². The number of rotatable bonds is 6. The van der Waals surface area contributed by atoms with Crippen LogP contribution < -0.4 is 5.32 Å². The molecule has 1 aliphatic heterocycles. The van der Waals surface area contributed by atoms with Crippen LogP contribution in [-0.2, 0) is 4.74 Å². The van der Waals surface area contributed by atoms with Crippen LogP contribution in [0.3, 0.4) is 0 Å². The summed E-state index contributed by atoms with van der Waals surface area (Å²) in [6, 6.07) is 0.796. The Bertz CT molecular complexity index is 211. The van der Waals surface area contributed by atoms with E-state index >= 15 is 0 Å². The molecule has 0 aromatic carbocycles. The molecule has 1 unspecified atom stereocenters. The highest BCUT2D eigenvalue weighted by Gasteiger charge is 2.16. The van der Waals surface area contributed by atoms with Crippen molar-refractivity contribution in [3.05, 3.63) is 0 Å². The van der Waals surface area contributed by atoms with E-state index in [9.17, 15) is 0 Å². The molecule has 0 spiro atoms. The zero-order valence-electron chi connectivity index (χ0n) is 12.0. The van der Waals surface area contributed by atoms with Gasteiger partial charge in [-0.25, -0.2) is 0 Å². The fraction of sp³-hybridized carbons (Fsp3) is 1.00. The molecular weight excluding hydrogens is 224 g/mol. The number of nitrogens with zero attached hydrogens (tertiary/aromatic N) is 1. The molecule has 3 nitrogen and oxygen atoms in total. The molecule has 2 aliphatic rings. The first-order chi connectivity index (χ1) is 8.84. The molecule has 3 heteroatoms. The van der Waals surface area contributed by atoms with Crippen molar-refractivity contribution in [2.45, 2.75) is 51.0 Å². The van der Waals surface area contributed by atoms with Crippen LogP contribution in [0, 0.1) is 5.92 Å². The van der Waals surface area contributed by atoms with Gasteiger partial charge in [-0.2, -0.15) is 0 Å². The van der Waals surface area contributed by atoms with Crippen molar-refractivity contribution >= 4 is 0 Å². The zero-order valence-corrected chi connectivity index (χ0v) is 12.0. The Hall–Kier alpha value is -0.120. The number of likely N-dealkylation sites (N-methyl/N-ethyl adjacent to an activating group) is 1. The Kier molecular flexibility index (Phi) is 6.46. The van der Waals surface area contributed by atoms with Gasteiger partial charge in [0.2, 0.25) is 0 Å². The van der Waals surface area contributed by atoms with Gasteiger partial charge in [0.1, 0.15) is 0 Å². The fourth-order valence-electron chi connectivity index (χ4n) is 3.25. The molecule has 1 saturated heterocycles. The predicted molar refractivity (Wildman–Crippen MR) is 75.9 cm³/mol.